The molecule has 0 aromatic heterocycles. The summed E-state index contributed by atoms with van der Waals surface area (Å²) in [6, 6.07) is 0. The van der Waals surface area contributed by atoms with Gasteiger partial charge in [-0.25, -0.2) is 4.79 Å². The molecule has 0 bridgehead atoms. The van der Waals surface area contributed by atoms with Gasteiger partial charge in [-0.2, -0.15) is 0 Å². The molecule has 10 rings (SSSR count). The Labute approximate surface area is 496 Å². The highest BCUT2D eigenvalue weighted by atomic mass is 16.8. The van der Waals surface area contributed by atoms with Gasteiger partial charge in [0.2, 0.25) is 6.29 Å². The van der Waals surface area contributed by atoms with Gasteiger partial charge in [-0.05, 0) is 118 Å². The number of fused-ring (bicyclic) bond motifs is 7. The summed E-state index contributed by atoms with van der Waals surface area (Å²) in [6.07, 6.45) is -37.2. The van der Waals surface area contributed by atoms with E-state index in [9.17, 15) is 86.2 Å². The molecule has 0 radical (unpaired) electrons. The van der Waals surface area contributed by atoms with Crippen LogP contribution in [-0.4, -0.2) is 261 Å². The minimum Gasteiger partial charge on any atom is -0.481 e. The van der Waals surface area contributed by atoms with Crippen LogP contribution in [0.15, 0.2) is 11.6 Å². The van der Waals surface area contributed by atoms with Crippen molar-refractivity contribution in [2.75, 3.05) is 13.2 Å². The van der Waals surface area contributed by atoms with Crippen molar-refractivity contribution in [3.63, 3.8) is 0 Å². The maximum atomic E-state index is 15.6. The van der Waals surface area contributed by atoms with Crippen molar-refractivity contribution >= 4 is 17.9 Å². The lowest BCUT2D eigenvalue weighted by molar-refractivity contribution is -0.390. The van der Waals surface area contributed by atoms with Crippen LogP contribution in [0, 0.1) is 50.2 Å². The highest BCUT2D eigenvalue weighted by Crippen LogP contribution is 2.76. The maximum Gasteiger partial charge on any atom is 0.335 e. The average Bonchev–Trinajstić information content (AvgIpc) is 0.676. The zero-order valence-electron chi connectivity index (χ0n) is 49.5. The van der Waals surface area contributed by atoms with Gasteiger partial charge in [0.05, 0.1) is 42.4 Å². The first kappa shape index (κ1) is 66.2. The van der Waals surface area contributed by atoms with Crippen molar-refractivity contribution in [2.45, 2.75) is 267 Å². The average molecular weight is 1240 g/mol. The highest BCUT2D eigenvalue weighted by Gasteiger charge is 2.73. The number of rotatable bonds is 12. The molecule has 10 aliphatic rings. The molecule has 15 N–H and O–H groups in total. The van der Waals surface area contributed by atoms with Crippen molar-refractivity contribution in [2.24, 2.45) is 50.2 Å². The first-order valence-electron chi connectivity index (χ1n) is 30.1. The van der Waals surface area contributed by atoms with Gasteiger partial charge in [-0.1, -0.05) is 46.3 Å². The molecule has 5 aliphatic heterocycles. The fraction of sp³-hybridized carbons (Fsp3) is 0.914. The van der Waals surface area contributed by atoms with E-state index < -0.39 is 224 Å². The van der Waals surface area contributed by atoms with Crippen molar-refractivity contribution in [3.05, 3.63) is 11.6 Å². The van der Waals surface area contributed by atoms with E-state index in [0.717, 1.165) is 5.57 Å². The summed E-state index contributed by atoms with van der Waals surface area (Å²) in [5.41, 5.74) is -4.34. The zero-order valence-corrected chi connectivity index (χ0v) is 49.5. The Bertz CT molecular complexity index is 2520. The summed E-state index contributed by atoms with van der Waals surface area (Å²) in [4.78, 5) is 41.4. The molecule has 33 atom stereocenters. The van der Waals surface area contributed by atoms with Crippen LogP contribution in [0.2, 0.25) is 0 Å². The molecule has 490 valence electrons. The Morgan fingerprint density at radius 2 is 1.08 bits per heavy atom. The highest BCUT2D eigenvalue weighted by molar-refractivity contribution is 5.79. The van der Waals surface area contributed by atoms with Crippen molar-refractivity contribution in [1.82, 2.24) is 0 Å². The van der Waals surface area contributed by atoms with Gasteiger partial charge in [0.1, 0.15) is 91.6 Å². The Balaban J connectivity index is 0.916. The third kappa shape index (κ3) is 10.7. The van der Waals surface area contributed by atoms with Crippen LogP contribution >= 0.6 is 0 Å². The van der Waals surface area contributed by atoms with E-state index in [2.05, 4.69) is 33.8 Å². The standard InChI is InChI=1S/C58H90O28/c1-21-30(62)34(66)43(84-49-39(71)41(82-47-37(69)32(64)27(61)20-78-47)40(22(2)80-49)81-46-36(68)31(63)26(60)19-77-46)50(79-21)86-52(76)58-15-13-53(3,4)17-24(58)23-9-10-28-54(5)18-25(59)44(85-48-38(70)33(65)35(67)42(83-48)45(72)73)57(8,51(74)75)29(54)11-12-56(28,7)55(23,6)14-16-58/h9,21-22,24-44,46-50,59-71H,10-20H2,1-8H3,(H,72,73)(H,74,75)/t21-,22+,24+,25+,26-,27-,28-,29-,30+,31+,32+,33+,34+,35+,36-,37+,38-,39-,40+,41+,42+,43-,44+,46+,47+,48+,49+,50+,54-,55-,56-,57+,58+/m1/s1. The van der Waals surface area contributed by atoms with E-state index in [1.807, 2.05) is 6.92 Å². The van der Waals surface area contributed by atoms with E-state index in [1.54, 1.807) is 0 Å². The Kier molecular flexibility index (Phi) is 18.3. The van der Waals surface area contributed by atoms with Crippen LogP contribution in [0.1, 0.15) is 113 Å². The lowest BCUT2D eigenvalue weighted by atomic mass is 9.33. The molecule has 5 aliphatic carbocycles. The second-order valence-corrected chi connectivity index (χ2v) is 28.1. The monoisotopic (exact) mass is 1230 g/mol. The third-order valence-corrected chi connectivity index (χ3v) is 22.7. The van der Waals surface area contributed by atoms with Crippen LogP contribution in [0.5, 0.6) is 0 Å². The van der Waals surface area contributed by atoms with Crippen molar-refractivity contribution < 1.29 is 138 Å². The SMILES string of the molecule is C[C@@H]1O[C@@H](O[C@H]2[C@H](OC(=O)[C@]34CCC(C)(C)C[C@H]3C3=CC[C@@H]5[C@@]6(C)C[C@H](O)[C@H](O[C@@H]7O[C@H](C(=O)O)[C@@H](O)[C@H](O)[C@H]7O)[C@@](C)(C(=O)O)[C@@H]6CC[C@@]5(C)[C@]3(C)CC4)O[C@H](C)[C@H](O)[C@@H]2O)[C@H](O)[C@H](O[C@@H]2OC[C@@H](O)[C@H](O)[C@@H]2O)[C@H]1O[C@@H]1OC[C@@H](O)[C@H](O)[C@H]1O. The number of carbonyl (C=O) groups is 3. The van der Waals surface area contributed by atoms with E-state index in [1.165, 1.54) is 20.8 Å². The van der Waals surface area contributed by atoms with E-state index in [4.69, 9.17) is 47.4 Å². The predicted octanol–water partition coefficient (Wildman–Crippen LogP) is -2.75. The van der Waals surface area contributed by atoms with Gasteiger partial charge >= 0.3 is 17.9 Å². The van der Waals surface area contributed by atoms with Gasteiger partial charge in [0.25, 0.3) is 0 Å². The number of hydrogen-bond acceptors (Lipinski definition) is 26. The Morgan fingerprint density at radius 1 is 0.523 bits per heavy atom. The number of hydrogen-bond donors (Lipinski definition) is 15. The number of aliphatic hydroxyl groups is 13. The van der Waals surface area contributed by atoms with Gasteiger partial charge in [0.15, 0.2) is 37.4 Å². The third-order valence-electron chi connectivity index (χ3n) is 22.7. The van der Waals surface area contributed by atoms with Gasteiger partial charge < -0.3 is 124 Å². The molecule has 0 aromatic carbocycles. The van der Waals surface area contributed by atoms with Gasteiger partial charge in [-0.3, -0.25) is 9.59 Å². The number of allylic oxidation sites excluding steroid dienone is 2. The van der Waals surface area contributed by atoms with Crippen LogP contribution in [-0.2, 0) is 61.8 Å². The van der Waals surface area contributed by atoms with Crippen LogP contribution in [0.4, 0.5) is 0 Å². The van der Waals surface area contributed by atoms with E-state index in [0.29, 0.717) is 51.4 Å². The van der Waals surface area contributed by atoms with E-state index >= 15 is 4.79 Å². The molecule has 86 heavy (non-hydrogen) atoms. The molecular weight excluding hydrogens is 1140 g/mol. The predicted molar refractivity (Wildman–Crippen MR) is 285 cm³/mol. The zero-order chi connectivity index (χ0) is 63.0. The first-order chi connectivity index (χ1) is 40.1. The summed E-state index contributed by atoms with van der Waals surface area (Å²) in [7, 11) is 0. The molecule has 0 amide bonds. The number of carboxylic acids is 2. The largest absolute Gasteiger partial charge is 0.481 e. The molecular formula is C58H90O28. The number of carbonyl (C=O) groups excluding carboxylic acids is 1. The van der Waals surface area contributed by atoms with Gasteiger partial charge in [-0.15, -0.1) is 0 Å². The van der Waals surface area contributed by atoms with Crippen LogP contribution in [0.3, 0.4) is 0 Å². The molecule has 5 heterocycles. The Hall–Kier alpha value is -2.73. The summed E-state index contributed by atoms with van der Waals surface area (Å²) in [6.45, 7) is 14.0. The molecule has 4 saturated carbocycles. The lowest BCUT2D eigenvalue weighted by Crippen LogP contribution is -2.70. The van der Waals surface area contributed by atoms with Crippen LogP contribution < -0.4 is 0 Å². The fourth-order valence-electron chi connectivity index (χ4n) is 17.4. The normalized spacial score (nSPS) is 54.6. The van der Waals surface area contributed by atoms with Crippen LogP contribution in [0.25, 0.3) is 0 Å². The summed E-state index contributed by atoms with van der Waals surface area (Å²) in [5.74, 6) is -4.97. The lowest BCUT2D eigenvalue weighted by Gasteiger charge is -2.71. The summed E-state index contributed by atoms with van der Waals surface area (Å²) >= 11 is 0. The van der Waals surface area contributed by atoms with Gasteiger partial charge in [0, 0.05) is 0 Å². The molecule has 9 fully saturated rings. The van der Waals surface area contributed by atoms with E-state index in [-0.39, 0.29) is 17.8 Å². The quantitative estimate of drug-likeness (QED) is 0.0535. The smallest absolute Gasteiger partial charge is 0.335 e. The number of ether oxygens (including phenoxy) is 10. The summed E-state index contributed by atoms with van der Waals surface area (Å²) in [5, 5.41) is 163. The first-order valence-corrected chi connectivity index (χ1v) is 30.1. The van der Waals surface area contributed by atoms with Crippen molar-refractivity contribution in [1.29, 1.82) is 0 Å². The second kappa shape index (κ2) is 23.7. The minimum absolute atomic E-state index is 0.0325. The molecule has 28 heteroatoms. The molecule has 0 spiro atoms. The minimum atomic E-state index is -2.03. The fourth-order valence-corrected chi connectivity index (χ4v) is 17.4. The Morgan fingerprint density at radius 3 is 1.69 bits per heavy atom. The number of aliphatic hydroxyl groups excluding tert-OH is 13. The summed E-state index contributed by atoms with van der Waals surface area (Å²) < 4.78 is 59.7. The molecule has 0 aromatic rings. The second-order valence-electron chi connectivity index (χ2n) is 28.1. The topological polar surface area (TPSA) is 447 Å². The van der Waals surface area contributed by atoms with Crippen molar-refractivity contribution in [3.8, 4) is 0 Å². The molecule has 28 nitrogen and oxygen atoms in total. The molecule has 5 saturated heterocycles. The number of carboxylic acid groups (broad SMARTS) is 2. The maximum absolute atomic E-state index is 15.6. The number of aliphatic carboxylic acids is 2. The number of esters is 1. The molecule has 0 unspecified atom stereocenters.